The molecule has 104 valence electrons. The Bertz CT molecular complexity index is 406. The molecule has 1 fully saturated rings. The summed E-state index contributed by atoms with van der Waals surface area (Å²) in [6, 6.07) is 10.3. The van der Waals surface area contributed by atoms with E-state index in [1.165, 1.54) is 4.90 Å². The zero-order valence-corrected chi connectivity index (χ0v) is 12.4. The topological polar surface area (TPSA) is 41.1 Å². The van der Waals surface area contributed by atoms with E-state index in [1.54, 1.807) is 11.8 Å². The normalized spacial score (nSPS) is 18.4. The van der Waals surface area contributed by atoms with E-state index in [-0.39, 0.29) is 11.8 Å². The molecular formula is C15H22N2OS. The monoisotopic (exact) mass is 278 g/mol. The van der Waals surface area contributed by atoms with Crippen molar-refractivity contribution in [2.24, 2.45) is 11.8 Å². The molecule has 2 N–H and O–H groups in total. The maximum atomic E-state index is 12.0. The summed E-state index contributed by atoms with van der Waals surface area (Å²) in [6.45, 7) is 6.85. The first kappa shape index (κ1) is 14.4. The van der Waals surface area contributed by atoms with Crippen LogP contribution in [0.3, 0.4) is 0 Å². The average Bonchev–Trinajstić information content (AvgIpc) is 2.35. The molecule has 0 saturated carbocycles. The van der Waals surface area contributed by atoms with Gasteiger partial charge in [0.25, 0.3) is 0 Å². The number of carbonyl (C=O) groups is 1. The summed E-state index contributed by atoms with van der Waals surface area (Å²) in [4.78, 5) is 13.2. The van der Waals surface area contributed by atoms with Crippen molar-refractivity contribution in [3.63, 3.8) is 0 Å². The molecule has 0 aromatic heterocycles. The highest BCUT2D eigenvalue weighted by Gasteiger charge is 2.28. The number of nitrogens with one attached hydrogen (secondary N) is 2. The lowest BCUT2D eigenvalue weighted by Gasteiger charge is -2.31. The van der Waals surface area contributed by atoms with E-state index >= 15 is 0 Å². The molecule has 2 rings (SSSR count). The third-order valence-electron chi connectivity index (χ3n) is 3.58. The fourth-order valence-electron chi connectivity index (χ4n) is 2.06. The van der Waals surface area contributed by atoms with E-state index in [4.69, 9.17) is 0 Å². The highest BCUT2D eigenvalue weighted by Crippen LogP contribution is 2.22. The van der Waals surface area contributed by atoms with Gasteiger partial charge in [-0.1, -0.05) is 32.0 Å². The molecule has 2 atom stereocenters. The van der Waals surface area contributed by atoms with Crippen LogP contribution in [0.15, 0.2) is 35.2 Å². The molecule has 2 unspecified atom stereocenters. The Hall–Kier alpha value is -1.00. The highest BCUT2D eigenvalue weighted by atomic mass is 32.2. The van der Waals surface area contributed by atoms with Crippen LogP contribution in [-0.4, -0.2) is 30.8 Å². The summed E-state index contributed by atoms with van der Waals surface area (Å²) in [5.41, 5.74) is 0. The first-order valence-corrected chi connectivity index (χ1v) is 7.75. The minimum atomic E-state index is 0.121. The Kier molecular flexibility index (Phi) is 5.28. The van der Waals surface area contributed by atoms with Gasteiger partial charge in [-0.3, -0.25) is 4.79 Å². The second kappa shape index (κ2) is 6.96. The van der Waals surface area contributed by atoms with Gasteiger partial charge in [0.1, 0.15) is 0 Å². The van der Waals surface area contributed by atoms with Gasteiger partial charge in [0, 0.05) is 22.6 Å². The van der Waals surface area contributed by atoms with Crippen molar-refractivity contribution < 1.29 is 4.79 Å². The molecule has 1 aromatic carbocycles. The Balaban J connectivity index is 1.71. The number of amides is 1. The molecule has 1 amide bonds. The quantitative estimate of drug-likeness (QED) is 0.783. The van der Waals surface area contributed by atoms with Gasteiger partial charge < -0.3 is 10.6 Å². The van der Waals surface area contributed by atoms with Gasteiger partial charge in [-0.2, -0.15) is 0 Å². The number of carbonyl (C=O) groups excluding carboxylic acids is 1. The molecule has 0 aliphatic carbocycles. The van der Waals surface area contributed by atoms with Crippen LogP contribution in [-0.2, 0) is 4.79 Å². The molecule has 1 aliphatic rings. The number of hydrogen-bond acceptors (Lipinski definition) is 3. The zero-order valence-electron chi connectivity index (χ0n) is 11.6. The molecule has 0 radical (unpaired) electrons. The van der Waals surface area contributed by atoms with Crippen LogP contribution < -0.4 is 10.6 Å². The third-order valence-corrected chi connectivity index (χ3v) is 4.69. The lowest BCUT2D eigenvalue weighted by Crippen LogP contribution is -2.50. The number of hydrogen-bond donors (Lipinski definition) is 2. The molecule has 3 nitrogen and oxygen atoms in total. The van der Waals surface area contributed by atoms with E-state index < -0.39 is 0 Å². The zero-order chi connectivity index (χ0) is 13.7. The molecule has 0 spiro atoms. The maximum absolute atomic E-state index is 12.0. The predicted molar refractivity (Wildman–Crippen MR) is 80.3 cm³/mol. The summed E-state index contributed by atoms with van der Waals surface area (Å²) < 4.78 is 0. The Morgan fingerprint density at radius 3 is 2.63 bits per heavy atom. The SMILES string of the molecule is CC(CNC(=O)C(C)C1CNC1)Sc1ccccc1. The van der Waals surface area contributed by atoms with Gasteiger partial charge in [0.15, 0.2) is 0 Å². The van der Waals surface area contributed by atoms with Crippen molar-refractivity contribution in [1.82, 2.24) is 10.6 Å². The predicted octanol–water partition coefficient (Wildman–Crippen LogP) is 2.14. The number of benzene rings is 1. The molecular weight excluding hydrogens is 256 g/mol. The first-order chi connectivity index (χ1) is 9.16. The van der Waals surface area contributed by atoms with Crippen molar-refractivity contribution in [2.45, 2.75) is 24.0 Å². The summed E-state index contributed by atoms with van der Waals surface area (Å²) >= 11 is 1.80. The second-order valence-electron chi connectivity index (χ2n) is 5.19. The van der Waals surface area contributed by atoms with Crippen molar-refractivity contribution in [3.05, 3.63) is 30.3 Å². The van der Waals surface area contributed by atoms with Gasteiger partial charge in [0.05, 0.1) is 0 Å². The molecule has 1 aromatic rings. The summed E-state index contributed by atoms with van der Waals surface area (Å²) in [7, 11) is 0. The van der Waals surface area contributed by atoms with Crippen molar-refractivity contribution in [1.29, 1.82) is 0 Å². The van der Waals surface area contributed by atoms with E-state index in [0.717, 1.165) is 19.6 Å². The Morgan fingerprint density at radius 2 is 2.05 bits per heavy atom. The fraction of sp³-hybridized carbons (Fsp3) is 0.533. The first-order valence-electron chi connectivity index (χ1n) is 6.87. The minimum absolute atomic E-state index is 0.121. The second-order valence-corrected chi connectivity index (χ2v) is 6.71. The van der Waals surface area contributed by atoms with Crippen LogP contribution in [0.25, 0.3) is 0 Å². The molecule has 0 bridgehead atoms. The smallest absolute Gasteiger partial charge is 0.223 e. The Labute approximate surface area is 119 Å². The van der Waals surface area contributed by atoms with Crippen LogP contribution >= 0.6 is 11.8 Å². The Morgan fingerprint density at radius 1 is 1.37 bits per heavy atom. The van der Waals surface area contributed by atoms with Gasteiger partial charge in [-0.05, 0) is 31.1 Å². The molecule has 1 saturated heterocycles. The van der Waals surface area contributed by atoms with Crippen LogP contribution in [0.4, 0.5) is 0 Å². The van der Waals surface area contributed by atoms with E-state index in [1.807, 2.05) is 25.1 Å². The number of thioether (sulfide) groups is 1. The van der Waals surface area contributed by atoms with E-state index in [0.29, 0.717) is 11.2 Å². The standard InChI is InChI=1S/C15H22N2OS/c1-11(19-14-6-4-3-5-7-14)8-17-15(18)12(2)13-9-16-10-13/h3-7,11-13,16H,8-10H2,1-2H3,(H,17,18). The molecule has 1 aliphatic heterocycles. The molecule has 19 heavy (non-hydrogen) atoms. The van der Waals surface area contributed by atoms with Crippen LogP contribution in [0.2, 0.25) is 0 Å². The van der Waals surface area contributed by atoms with E-state index in [2.05, 4.69) is 29.7 Å². The van der Waals surface area contributed by atoms with Gasteiger partial charge >= 0.3 is 0 Å². The highest BCUT2D eigenvalue weighted by molar-refractivity contribution is 8.00. The average molecular weight is 278 g/mol. The lowest BCUT2D eigenvalue weighted by molar-refractivity contribution is -0.126. The largest absolute Gasteiger partial charge is 0.355 e. The maximum Gasteiger partial charge on any atom is 0.223 e. The van der Waals surface area contributed by atoms with Gasteiger partial charge in [-0.25, -0.2) is 0 Å². The van der Waals surface area contributed by atoms with Crippen LogP contribution in [0, 0.1) is 11.8 Å². The summed E-state index contributed by atoms with van der Waals surface area (Å²) in [6.07, 6.45) is 0. The minimum Gasteiger partial charge on any atom is -0.355 e. The third kappa shape index (κ3) is 4.25. The molecule has 1 heterocycles. The van der Waals surface area contributed by atoms with Gasteiger partial charge in [0.2, 0.25) is 5.91 Å². The van der Waals surface area contributed by atoms with Gasteiger partial charge in [-0.15, -0.1) is 11.8 Å². The van der Waals surface area contributed by atoms with Crippen LogP contribution in [0.5, 0.6) is 0 Å². The van der Waals surface area contributed by atoms with E-state index in [9.17, 15) is 4.79 Å². The van der Waals surface area contributed by atoms with Crippen LogP contribution in [0.1, 0.15) is 13.8 Å². The lowest BCUT2D eigenvalue weighted by atomic mass is 9.88. The molecule has 4 heteroatoms. The van der Waals surface area contributed by atoms with Crippen molar-refractivity contribution in [2.75, 3.05) is 19.6 Å². The van der Waals surface area contributed by atoms with Crippen molar-refractivity contribution in [3.8, 4) is 0 Å². The summed E-state index contributed by atoms with van der Waals surface area (Å²) in [5.74, 6) is 0.819. The van der Waals surface area contributed by atoms with Crippen molar-refractivity contribution >= 4 is 17.7 Å². The summed E-state index contributed by atoms with van der Waals surface area (Å²) in [5, 5.41) is 6.66. The number of rotatable bonds is 6. The fourth-order valence-corrected chi connectivity index (χ4v) is 3.00.